The van der Waals surface area contributed by atoms with Crippen LogP contribution in [0.4, 0.5) is 4.79 Å². The zero-order chi connectivity index (χ0) is 20.5. The molecule has 5 fully saturated rings. The molecular formula is C23H37N5O2. The predicted molar refractivity (Wildman–Crippen MR) is 116 cm³/mol. The van der Waals surface area contributed by atoms with Gasteiger partial charge in [0, 0.05) is 56.8 Å². The van der Waals surface area contributed by atoms with Gasteiger partial charge in [-0.15, -0.1) is 0 Å². The van der Waals surface area contributed by atoms with Crippen LogP contribution in [0, 0.1) is 5.92 Å². The molecular weight excluding hydrogens is 378 g/mol. The monoisotopic (exact) mass is 415 g/mol. The average Bonchev–Trinajstić information content (AvgIpc) is 3.20. The van der Waals surface area contributed by atoms with E-state index in [4.69, 9.17) is 9.84 Å². The van der Waals surface area contributed by atoms with Crippen molar-refractivity contribution >= 4 is 6.03 Å². The van der Waals surface area contributed by atoms with Crippen molar-refractivity contribution in [1.29, 1.82) is 0 Å². The number of ether oxygens (including phenoxy) is 1. The molecule has 5 heterocycles. The van der Waals surface area contributed by atoms with E-state index in [1.807, 2.05) is 4.90 Å². The molecule has 4 atom stereocenters. The second-order valence-corrected chi connectivity index (χ2v) is 9.78. The Labute approximate surface area is 180 Å². The quantitative estimate of drug-likeness (QED) is 0.821. The number of hydrogen-bond acceptors (Lipinski definition) is 4. The molecule has 7 nitrogen and oxygen atoms in total. The van der Waals surface area contributed by atoms with E-state index in [-0.39, 0.29) is 6.03 Å². The van der Waals surface area contributed by atoms with E-state index in [1.54, 1.807) is 0 Å². The highest BCUT2D eigenvalue weighted by Crippen LogP contribution is 2.42. The van der Waals surface area contributed by atoms with Gasteiger partial charge in [-0.25, -0.2) is 4.79 Å². The first-order chi connectivity index (χ1) is 14.7. The fraction of sp³-hybridized carbons (Fsp3) is 0.826. The van der Waals surface area contributed by atoms with Crippen LogP contribution in [0.1, 0.15) is 68.2 Å². The fourth-order valence-electron chi connectivity index (χ4n) is 6.22. The van der Waals surface area contributed by atoms with Crippen LogP contribution in [0.15, 0.2) is 6.07 Å². The molecule has 1 saturated carbocycles. The minimum Gasteiger partial charge on any atom is -0.378 e. The first-order valence-electron chi connectivity index (χ1n) is 12.1. The summed E-state index contributed by atoms with van der Waals surface area (Å²) < 4.78 is 7.52. The molecule has 30 heavy (non-hydrogen) atoms. The van der Waals surface area contributed by atoms with Gasteiger partial charge < -0.3 is 15.0 Å². The van der Waals surface area contributed by atoms with Crippen molar-refractivity contribution in [2.24, 2.45) is 13.0 Å². The summed E-state index contributed by atoms with van der Waals surface area (Å²) in [5.74, 6) is 1.96. The summed E-state index contributed by atoms with van der Waals surface area (Å²) in [5.41, 5.74) is 2.76. The Balaban J connectivity index is 1.19. The number of nitrogens with zero attached hydrogens (tertiary/aromatic N) is 4. The molecule has 1 unspecified atom stereocenters. The number of aryl methyl sites for hydroxylation is 1. The summed E-state index contributed by atoms with van der Waals surface area (Å²) in [6.45, 7) is 5.74. The Morgan fingerprint density at radius 1 is 1.17 bits per heavy atom. The highest BCUT2D eigenvalue weighted by molar-refractivity contribution is 5.74. The van der Waals surface area contributed by atoms with Gasteiger partial charge in [0.05, 0.1) is 18.9 Å². The maximum atomic E-state index is 12.5. The van der Waals surface area contributed by atoms with Gasteiger partial charge in [0.2, 0.25) is 0 Å². The van der Waals surface area contributed by atoms with E-state index < -0.39 is 0 Å². The topological polar surface area (TPSA) is 62.6 Å². The van der Waals surface area contributed by atoms with Crippen molar-refractivity contribution in [1.82, 2.24) is 24.9 Å². The van der Waals surface area contributed by atoms with Gasteiger partial charge in [-0.3, -0.25) is 9.58 Å². The lowest BCUT2D eigenvalue weighted by atomic mass is 9.74. The highest BCUT2D eigenvalue weighted by Gasteiger charge is 2.42. The van der Waals surface area contributed by atoms with Crippen LogP contribution >= 0.6 is 0 Å². The first-order valence-corrected chi connectivity index (χ1v) is 12.1. The number of carbonyl (C=O) groups excluding carboxylic acids is 1. The summed E-state index contributed by atoms with van der Waals surface area (Å²) in [5, 5.41) is 8.14. The van der Waals surface area contributed by atoms with Crippen LogP contribution in [0.25, 0.3) is 0 Å². The molecule has 4 aliphatic heterocycles. The maximum Gasteiger partial charge on any atom is 0.317 e. The average molecular weight is 416 g/mol. The lowest BCUT2D eigenvalue weighted by molar-refractivity contribution is 0.0265. The fourth-order valence-corrected chi connectivity index (χ4v) is 6.22. The Morgan fingerprint density at radius 2 is 1.97 bits per heavy atom. The van der Waals surface area contributed by atoms with Crippen molar-refractivity contribution in [2.45, 2.75) is 62.8 Å². The van der Waals surface area contributed by atoms with Gasteiger partial charge in [0.25, 0.3) is 0 Å². The van der Waals surface area contributed by atoms with Crippen molar-refractivity contribution in [3.63, 3.8) is 0 Å². The minimum absolute atomic E-state index is 0.0706. The lowest BCUT2D eigenvalue weighted by Crippen LogP contribution is -2.57. The Morgan fingerprint density at radius 3 is 2.70 bits per heavy atom. The van der Waals surface area contributed by atoms with E-state index in [0.717, 1.165) is 19.6 Å². The van der Waals surface area contributed by atoms with E-state index in [0.29, 0.717) is 50.1 Å². The normalized spacial score (nSPS) is 32.4. The number of fused-ring (bicyclic) bond motifs is 3. The number of urea groups is 1. The molecule has 5 aliphatic rings. The number of aromatic nitrogens is 2. The van der Waals surface area contributed by atoms with E-state index in [9.17, 15) is 4.79 Å². The standard InChI is InChI=1S/C23H37N5O2/c1-26-22(14-21(25-26)17-5-3-2-4-6-17)20-16-28-8-7-18(20)13-19(28)15-24-23(29)27-9-11-30-12-10-27/h14,17-20H,2-13,15-16H2,1H3,(H,24,29)/t18-,19+,20+/m0/s1. The molecule has 2 amide bonds. The molecule has 6 rings (SSSR count). The summed E-state index contributed by atoms with van der Waals surface area (Å²) in [7, 11) is 2.14. The van der Waals surface area contributed by atoms with Gasteiger partial charge in [-0.2, -0.15) is 5.10 Å². The van der Waals surface area contributed by atoms with E-state index >= 15 is 0 Å². The van der Waals surface area contributed by atoms with Crippen LogP contribution in [0.2, 0.25) is 0 Å². The molecule has 166 valence electrons. The SMILES string of the molecule is Cn1nc(C2CCCCC2)cc1[C@@H]1CN2CC[C@H]1C[C@@H]2CNC(=O)N1CCOCC1. The summed E-state index contributed by atoms with van der Waals surface area (Å²) in [6, 6.07) is 2.97. The number of rotatable bonds is 4. The molecule has 2 bridgehead atoms. The van der Waals surface area contributed by atoms with Crippen LogP contribution in [0.3, 0.4) is 0 Å². The van der Waals surface area contributed by atoms with Crippen LogP contribution < -0.4 is 5.32 Å². The molecule has 1 aliphatic carbocycles. The maximum absolute atomic E-state index is 12.5. The van der Waals surface area contributed by atoms with Gasteiger partial charge in [-0.05, 0) is 44.2 Å². The van der Waals surface area contributed by atoms with Gasteiger partial charge in [-0.1, -0.05) is 19.3 Å². The number of hydrogen-bond donors (Lipinski definition) is 1. The van der Waals surface area contributed by atoms with E-state index in [1.165, 1.54) is 56.3 Å². The van der Waals surface area contributed by atoms with Crippen molar-refractivity contribution in [3.05, 3.63) is 17.5 Å². The first kappa shape index (κ1) is 20.3. The molecule has 1 aromatic heterocycles. The zero-order valence-electron chi connectivity index (χ0n) is 18.4. The molecule has 0 aromatic carbocycles. The number of carbonyl (C=O) groups is 1. The van der Waals surface area contributed by atoms with Gasteiger partial charge in [0.1, 0.15) is 0 Å². The molecule has 0 spiro atoms. The smallest absolute Gasteiger partial charge is 0.317 e. The molecule has 1 N–H and O–H groups in total. The third kappa shape index (κ3) is 4.11. The summed E-state index contributed by atoms with van der Waals surface area (Å²) in [4.78, 5) is 16.9. The second kappa shape index (κ2) is 8.87. The van der Waals surface area contributed by atoms with Crippen LogP contribution in [-0.4, -0.2) is 77.6 Å². The van der Waals surface area contributed by atoms with Crippen LogP contribution in [0.5, 0.6) is 0 Å². The number of morpholine rings is 1. The molecule has 7 heteroatoms. The van der Waals surface area contributed by atoms with E-state index in [2.05, 4.69) is 28.0 Å². The van der Waals surface area contributed by atoms with Crippen LogP contribution in [-0.2, 0) is 11.8 Å². The summed E-state index contributed by atoms with van der Waals surface area (Å²) >= 11 is 0. The summed E-state index contributed by atoms with van der Waals surface area (Å²) in [6.07, 6.45) is 9.16. The third-order valence-electron chi connectivity index (χ3n) is 8.00. The molecule has 4 saturated heterocycles. The predicted octanol–water partition coefficient (Wildman–Crippen LogP) is 2.69. The molecule has 0 radical (unpaired) electrons. The number of amides is 2. The third-order valence-corrected chi connectivity index (χ3v) is 8.00. The van der Waals surface area contributed by atoms with Gasteiger partial charge >= 0.3 is 6.03 Å². The van der Waals surface area contributed by atoms with Crippen molar-refractivity contribution in [3.8, 4) is 0 Å². The Hall–Kier alpha value is -1.60. The Bertz CT molecular complexity index is 738. The number of piperidine rings is 3. The number of nitrogens with one attached hydrogen (secondary N) is 1. The largest absolute Gasteiger partial charge is 0.378 e. The lowest BCUT2D eigenvalue weighted by Gasteiger charge is -2.50. The molecule has 1 aromatic rings. The highest BCUT2D eigenvalue weighted by atomic mass is 16.5. The van der Waals surface area contributed by atoms with Crippen molar-refractivity contribution in [2.75, 3.05) is 45.9 Å². The second-order valence-electron chi connectivity index (χ2n) is 9.78. The Kier molecular flexibility index (Phi) is 6.01. The van der Waals surface area contributed by atoms with Gasteiger partial charge in [0.15, 0.2) is 0 Å². The minimum atomic E-state index is 0.0706. The van der Waals surface area contributed by atoms with Crippen molar-refractivity contribution < 1.29 is 9.53 Å². The zero-order valence-corrected chi connectivity index (χ0v) is 18.4.